The summed E-state index contributed by atoms with van der Waals surface area (Å²) in [6.07, 6.45) is 2.18. The van der Waals surface area contributed by atoms with Crippen LogP contribution in [0.25, 0.3) is 0 Å². The maximum atomic E-state index is 10.7. The van der Waals surface area contributed by atoms with Gasteiger partial charge in [-0.15, -0.1) is 0 Å². The number of hydrogen-bond acceptors (Lipinski definition) is 4. The van der Waals surface area contributed by atoms with Crippen molar-refractivity contribution in [3.05, 3.63) is 0 Å². The third-order valence-corrected chi connectivity index (χ3v) is 4.17. The number of rotatable bonds is 3. The minimum atomic E-state index is -4.57. The molecule has 0 aromatic rings. The predicted molar refractivity (Wildman–Crippen MR) is 42.3 cm³/mol. The quantitative estimate of drug-likeness (QED) is 0.415. The van der Waals surface area contributed by atoms with Gasteiger partial charge >= 0.3 is 29.6 Å². The molecule has 1 saturated carbocycles. The third-order valence-electron chi connectivity index (χ3n) is 2.68. The van der Waals surface area contributed by atoms with Crippen molar-refractivity contribution < 1.29 is 47.6 Å². The molecule has 0 spiro atoms. The van der Waals surface area contributed by atoms with Crippen LogP contribution in [0.15, 0.2) is 0 Å². The zero-order chi connectivity index (χ0) is 9.41. The van der Waals surface area contributed by atoms with E-state index in [0.29, 0.717) is 12.8 Å². The standard InChI is InChI=1S/C7H14O4S.Na/c1-2-7(8,12(9,10)11)6-4-3-5-6;/h6,8H,2-5H2,1H3,(H,9,10,11);/q;+1/p-1. The summed E-state index contributed by atoms with van der Waals surface area (Å²) in [4.78, 5) is -2.01. The fourth-order valence-electron chi connectivity index (χ4n) is 1.53. The predicted octanol–water partition coefficient (Wildman–Crippen LogP) is -2.57. The normalized spacial score (nSPS) is 22.7. The van der Waals surface area contributed by atoms with E-state index in [1.807, 2.05) is 0 Å². The van der Waals surface area contributed by atoms with Crippen molar-refractivity contribution >= 4 is 10.1 Å². The van der Waals surface area contributed by atoms with Gasteiger partial charge < -0.3 is 9.66 Å². The molecule has 4 nitrogen and oxygen atoms in total. The average Bonchev–Trinajstić information content (AvgIpc) is 1.81. The summed E-state index contributed by atoms with van der Waals surface area (Å²) < 4.78 is 32.1. The number of aliphatic hydroxyl groups is 1. The van der Waals surface area contributed by atoms with Crippen molar-refractivity contribution in [3.8, 4) is 0 Å². The molecular formula is C7H13NaO4S. The van der Waals surface area contributed by atoms with Crippen LogP contribution in [-0.2, 0) is 10.1 Å². The molecule has 0 amide bonds. The van der Waals surface area contributed by atoms with Gasteiger partial charge in [0.15, 0.2) is 4.93 Å². The Bertz CT molecular complexity index is 260. The van der Waals surface area contributed by atoms with Crippen LogP contribution >= 0.6 is 0 Å². The Morgan fingerprint density at radius 1 is 1.54 bits per heavy atom. The first-order chi connectivity index (χ1) is 5.42. The van der Waals surface area contributed by atoms with E-state index in [1.54, 1.807) is 0 Å². The molecule has 0 saturated heterocycles. The van der Waals surface area contributed by atoms with E-state index in [4.69, 9.17) is 0 Å². The van der Waals surface area contributed by atoms with E-state index in [0.717, 1.165) is 6.42 Å². The summed E-state index contributed by atoms with van der Waals surface area (Å²) in [6, 6.07) is 0. The van der Waals surface area contributed by atoms with Gasteiger partial charge in [0.05, 0.1) is 0 Å². The first-order valence-corrected chi connectivity index (χ1v) is 5.50. The van der Waals surface area contributed by atoms with Gasteiger partial charge in [-0.25, -0.2) is 8.42 Å². The Morgan fingerprint density at radius 2 is 2.00 bits per heavy atom. The van der Waals surface area contributed by atoms with Crippen molar-refractivity contribution in [2.75, 3.05) is 0 Å². The van der Waals surface area contributed by atoms with Crippen molar-refractivity contribution in [2.45, 2.75) is 37.5 Å². The third kappa shape index (κ3) is 2.46. The zero-order valence-electron chi connectivity index (χ0n) is 7.99. The second-order valence-electron chi connectivity index (χ2n) is 3.28. The molecule has 1 aliphatic rings. The van der Waals surface area contributed by atoms with Crippen LogP contribution in [0.5, 0.6) is 0 Å². The second kappa shape index (κ2) is 4.59. The first-order valence-electron chi connectivity index (χ1n) is 4.09. The SMILES string of the molecule is CCC(O)(C1CCC1)S(=O)(=O)[O-].[Na+]. The Labute approximate surface area is 101 Å². The van der Waals surface area contributed by atoms with Gasteiger partial charge in [0.1, 0.15) is 10.1 Å². The molecule has 13 heavy (non-hydrogen) atoms. The van der Waals surface area contributed by atoms with E-state index in [2.05, 4.69) is 0 Å². The van der Waals surface area contributed by atoms with Gasteiger partial charge in [-0.1, -0.05) is 13.3 Å². The van der Waals surface area contributed by atoms with Crippen LogP contribution in [0.3, 0.4) is 0 Å². The minimum absolute atomic E-state index is 0. The van der Waals surface area contributed by atoms with Crippen molar-refractivity contribution in [1.82, 2.24) is 0 Å². The van der Waals surface area contributed by atoms with Gasteiger partial charge in [0.2, 0.25) is 0 Å². The first kappa shape index (κ1) is 13.9. The topological polar surface area (TPSA) is 77.4 Å². The monoisotopic (exact) mass is 216 g/mol. The molecule has 72 valence electrons. The molecule has 1 atom stereocenters. The summed E-state index contributed by atoms with van der Waals surface area (Å²) in [5.74, 6) is -0.343. The summed E-state index contributed by atoms with van der Waals surface area (Å²) in [5, 5.41) is 9.58. The summed E-state index contributed by atoms with van der Waals surface area (Å²) >= 11 is 0. The van der Waals surface area contributed by atoms with E-state index in [1.165, 1.54) is 6.92 Å². The molecule has 1 N–H and O–H groups in total. The van der Waals surface area contributed by atoms with Gasteiger partial charge in [0, 0.05) is 5.92 Å². The molecule has 0 bridgehead atoms. The van der Waals surface area contributed by atoms with E-state index < -0.39 is 15.1 Å². The van der Waals surface area contributed by atoms with Crippen molar-refractivity contribution in [1.29, 1.82) is 0 Å². The maximum Gasteiger partial charge on any atom is 1.00 e. The minimum Gasteiger partial charge on any atom is -0.746 e. The molecule has 1 fully saturated rings. The molecule has 0 aliphatic heterocycles. The molecule has 0 heterocycles. The van der Waals surface area contributed by atoms with E-state index in [-0.39, 0.29) is 41.9 Å². The van der Waals surface area contributed by atoms with Crippen LogP contribution in [0.1, 0.15) is 32.6 Å². The fraction of sp³-hybridized carbons (Fsp3) is 1.00. The molecule has 1 rings (SSSR count). The van der Waals surface area contributed by atoms with Crippen molar-refractivity contribution in [3.63, 3.8) is 0 Å². The molecule has 1 unspecified atom stereocenters. The van der Waals surface area contributed by atoms with E-state index >= 15 is 0 Å². The second-order valence-corrected chi connectivity index (χ2v) is 4.90. The van der Waals surface area contributed by atoms with Crippen LogP contribution in [-0.4, -0.2) is 23.0 Å². The average molecular weight is 216 g/mol. The summed E-state index contributed by atoms with van der Waals surface area (Å²) in [5.41, 5.74) is 0. The molecular weight excluding hydrogens is 203 g/mol. The van der Waals surface area contributed by atoms with Crippen LogP contribution < -0.4 is 29.6 Å². The molecule has 1 aliphatic carbocycles. The number of hydrogen-bond donors (Lipinski definition) is 1. The Hall–Kier alpha value is 0.870. The smallest absolute Gasteiger partial charge is 0.746 e. The summed E-state index contributed by atoms with van der Waals surface area (Å²) in [6.45, 7) is 1.52. The van der Waals surface area contributed by atoms with E-state index in [9.17, 15) is 18.1 Å². The van der Waals surface area contributed by atoms with Gasteiger partial charge in [-0.3, -0.25) is 0 Å². The van der Waals surface area contributed by atoms with Crippen LogP contribution in [0.2, 0.25) is 0 Å². The van der Waals surface area contributed by atoms with Gasteiger partial charge in [-0.2, -0.15) is 0 Å². The maximum absolute atomic E-state index is 10.7. The molecule has 0 radical (unpaired) electrons. The fourth-order valence-corrected chi connectivity index (χ4v) is 2.53. The zero-order valence-corrected chi connectivity index (χ0v) is 10.8. The van der Waals surface area contributed by atoms with Gasteiger partial charge in [0.25, 0.3) is 0 Å². The van der Waals surface area contributed by atoms with Crippen LogP contribution in [0.4, 0.5) is 0 Å². The Kier molecular flexibility index (Phi) is 4.90. The molecule has 0 aromatic heterocycles. The van der Waals surface area contributed by atoms with Crippen molar-refractivity contribution in [2.24, 2.45) is 5.92 Å². The molecule has 6 heteroatoms. The summed E-state index contributed by atoms with van der Waals surface area (Å²) in [7, 11) is -4.57. The largest absolute Gasteiger partial charge is 1.00 e. The Balaban J connectivity index is 0.00000144. The Morgan fingerprint density at radius 3 is 2.08 bits per heavy atom. The van der Waals surface area contributed by atoms with Crippen LogP contribution in [0, 0.1) is 5.92 Å². The molecule has 0 aromatic carbocycles. The van der Waals surface area contributed by atoms with Gasteiger partial charge in [-0.05, 0) is 19.3 Å².